The number of imidazole rings is 1. The molecule has 17 heavy (non-hydrogen) atoms. The fourth-order valence-corrected chi connectivity index (χ4v) is 1.70. The molecular formula is C12H14N2O3. The first-order valence-electron chi connectivity index (χ1n) is 5.54. The van der Waals surface area contributed by atoms with Gasteiger partial charge in [-0.05, 0) is 18.6 Å². The third kappa shape index (κ3) is 2.38. The Kier molecular flexibility index (Phi) is 3.27. The number of aldehydes is 1. The number of nitrogens with zero attached hydrogens (tertiary/aromatic N) is 2. The maximum Gasteiger partial charge on any atom is 0.328 e. The highest BCUT2D eigenvalue weighted by atomic mass is 16.3. The highest BCUT2D eigenvalue weighted by Gasteiger charge is 2.06. The van der Waals surface area contributed by atoms with Crippen molar-refractivity contribution in [3.8, 4) is 0 Å². The third-order valence-corrected chi connectivity index (χ3v) is 2.51. The molecule has 0 bridgehead atoms. The molecule has 0 fully saturated rings. The molecule has 0 radical (unpaired) electrons. The van der Waals surface area contributed by atoms with Crippen LogP contribution in [0.5, 0.6) is 0 Å². The quantitative estimate of drug-likeness (QED) is 0.737. The summed E-state index contributed by atoms with van der Waals surface area (Å²) in [5, 5.41) is 0. The minimum Gasteiger partial charge on any atom is -0.456 e. The van der Waals surface area contributed by atoms with Gasteiger partial charge in [0, 0.05) is 18.9 Å². The van der Waals surface area contributed by atoms with Crippen molar-refractivity contribution in [1.82, 2.24) is 9.13 Å². The van der Waals surface area contributed by atoms with Crippen LogP contribution in [0, 0.1) is 0 Å². The highest BCUT2D eigenvalue weighted by Crippen LogP contribution is 2.06. The van der Waals surface area contributed by atoms with Crippen molar-refractivity contribution in [3.05, 3.63) is 46.5 Å². The molecule has 90 valence electrons. The van der Waals surface area contributed by atoms with E-state index in [1.807, 2.05) is 6.92 Å². The average molecular weight is 234 g/mol. The molecule has 0 aliphatic heterocycles. The van der Waals surface area contributed by atoms with Crippen LogP contribution in [0.2, 0.25) is 0 Å². The summed E-state index contributed by atoms with van der Waals surface area (Å²) in [6.45, 7) is 3.08. The average Bonchev–Trinajstić information content (AvgIpc) is 2.91. The van der Waals surface area contributed by atoms with Crippen molar-refractivity contribution >= 4 is 6.29 Å². The Morgan fingerprint density at radius 2 is 2.06 bits per heavy atom. The van der Waals surface area contributed by atoms with E-state index in [2.05, 4.69) is 0 Å². The lowest BCUT2D eigenvalue weighted by Gasteiger charge is -1.98. The van der Waals surface area contributed by atoms with Gasteiger partial charge in [-0.1, -0.05) is 6.92 Å². The Morgan fingerprint density at radius 3 is 2.71 bits per heavy atom. The van der Waals surface area contributed by atoms with Crippen LogP contribution in [0.3, 0.4) is 0 Å². The number of rotatable bonds is 5. The minimum absolute atomic E-state index is 0.0593. The molecule has 2 aromatic rings. The minimum atomic E-state index is -0.0593. The van der Waals surface area contributed by atoms with Crippen LogP contribution in [-0.4, -0.2) is 15.4 Å². The van der Waals surface area contributed by atoms with E-state index < -0.39 is 0 Å². The van der Waals surface area contributed by atoms with Gasteiger partial charge in [-0.25, -0.2) is 4.79 Å². The molecule has 0 saturated heterocycles. The van der Waals surface area contributed by atoms with Crippen LogP contribution in [0.15, 0.2) is 33.7 Å². The molecule has 0 saturated carbocycles. The number of hydrogen-bond acceptors (Lipinski definition) is 3. The van der Waals surface area contributed by atoms with Crippen molar-refractivity contribution in [2.24, 2.45) is 0 Å². The van der Waals surface area contributed by atoms with E-state index in [1.165, 1.54) is 0 Å². The predicted molar refractivity (Wildman–Crippen MR) is 62.2 cm³/mol. The lowest BCUT2D eigenvalue weighted by atomic mass is 10.4. The third-order valence-electron chi connectivity index (χ3n) is 2.51. The van der Waals surface area contributed by atoms with E-state index in [0.717, 1.165) is 6.42 Å². The summed E-state index contributed by atoms with van der Waals surface area (Å²) in [4.78, 5) is 22.3. The summed E-state index contributed by atoms with van der Waals surface area (Å²) >= 11 is 0. The maximum absolute atomic E-state index is 11.9. The molecule has 5 nitrogen and oxygen atoms in total. The molecule has 0 amide bonds. The fourth-order valence-electron chi connectivity index (χ4n) is 1.70. The zero-order valence-corrected chi connectivity index (χ0v) is 9.63. The second kappa shape index (κ2) is 4.86. The van der Waals surface area contributed by atoms with Crippen molar-refractivity contribution in [2.75, 3.05) is 0 Å². The van der Waals surface area contributed by atoms with E-state index in [0.29, 0.717) is 25.1 Å². The molecule has 0 atom stereocenters. The molecule has 2 aromatic heterocycles. The van der Waals surface area contributed by atoms with E-state index in [1.54, 1.807) is 33.7 Å². The van der Waals surface area contributed by atoms with E-state index in [-0.39, 0.29) is 11.4 Å². The lowest BCUT2D eigenvalue weighted by molar-refractivity contribution is 0.109. The van der Waals surface area contributed by atoms with Gasteiger partial charge in [-0.15, -0.1) is 0 Å². The Labute approximate surface area is 98.3 Å². The van der Waals surface area contributed by atoms with Gasteiger partial charge in [0.2, 0.25) is 0 Å². The van der Waals surface area contributed by atoms with Crippen LogP contribution < -0.4 is 5.69 Å². The normalized spacial score (nSPS) is 10.6. The second-order valence-electron chi connectivity index (χ2n) is 3.82. The van der Waals surface area contributed by atoms with Gasteiger partial charge in [0.1, 0.15) is 5.76 Å². The van der Waals surface area contributed by atoms with Crippen LogP contribution in [0.1, 0.15) is 29.7 Å². The van der Waals surface area contributed by atoms with Crippen molar-refractivity contribution in [1.29, 1.82) is 0 Å². The maximum atomic E-state index is 11.9. The smallest absolute Gasteiger partial charge is 0.328 e. The molecule has 0 aliphatic carbocycles. The number of carbonyl (C=O) groups is 1. The Balaban J connectivity index is 2.18. The van der Waals surface area contributed by atoms with Crippen LogP contribution >= 0.6 is 0 Å². The van der Waals surface area contributed by atoms with E-state index >= 15 is 0 Å². The molecule has 5 heteroatoms. The summed E-state index contributed by atoms with van der Waals surface area (Å²) in [6, 6.07) is 3.30. The number of aromatic nitrogens is 2. The molecular weight excluding hydrogens is 220 g/mol. The van der Waals surface area contributed by atoms with Gasteiger partial charge in [-0.2, -0.15) is 0 Å². The zero-order valence-electron chi connectivity index (χ0n) is 9.63. The van der Waals surface area contributed by atoms with Crippen LogP contribution in [0.25, 0.3) is 0 Å². The van der Waals surface area contributed by atoms with Crippen LogP contribution in [-0.2, 0) is 13.1 Å². The van der Waals surface area contributed by atoms with Crippen LogP contribution in [0.4, 0.5) is 0 Å². The molecule has 2 rings (SSSR count). The fraction of sp³-hybridized carbons (Fsp3) is 0.333. The van der Waals surface area contributed by atoms with Crippen molar-refractivity contribution in [3.63, 3.8) is 0 Å². The Bertz CT molecular complexity index is 562. The number of aryl methyl sites for hydroxylation is 1. The van der Waals surface area contributed by atoms with Gasteiger partial charge in [0.05, 0.1) is 6.54 Å². The standard InChI is InChI=1S/C12H14N2O3/c1-2-5-13-6-7-14(12(13)16)8-10-3-4-11(9-15)17-10/h3-4,6-7,9H,2,5,8H2,1H3. The number of hydrogen-bond donors (Lipinski definition) is 0. The number of carbonyl (C=O) groups excluding carboxylic acids is 1. The Morgan fingerprint density at radius 1 is 1.29 bits per heavy atom. The van der Waals surface area contributed by atoms with Gasteiger partial charge in [0.15, 0.2) is 12.0 Å². The van der Waals surface area contributed by atoms with Gasteiger partial charge in [-0.3, -0.25) is 13.9 Å². The summed E-state index contributed by atoms with van der Waals surface area (Å²) in [6.07, 6.45) is 5.05. The van der Waals surface area contributed by atoms with E-state index in [4.69, 9.17) is 4.42 Å². The lowest BCUT2D eigenvalue weighted by Crippen LogP contribution is -2.24. The molecule has 0 aromatic carbocycles. The highest BCUT2D eigenvalue weighted by molar-refractivity contribution is 5.70. The summed E-state index contributed by atoms with van der Waals surface area (Å²) in [5.74, 6) is 0.879. The largest absolute Gasteiger partial charge is 0.456 e. The summed E-state index contributed by atoms with van der Waals surface area (Å²) in [7, 11) is 0. The van der Waals surface area contributed by atoms with E-state index in [9.17, 15) is 9.59 Å². The van der Waals surface area contributed by atoms with Crippen molar-refractivity contribution in [2.45, 2.75) is 26.4 Å². The number of furan rings is 1. The first-order chi connectivity index (χ1) is 8.24. The first kappa shape index (κ1) is 11.4. The topological polar surface area (TPSA) is 57.1 Å². The summed E-state index contributed by atoms with van der Waals surface area (Å²) in [5.41, 5.74) is -0.0593. The zero-order chi connectivity index (χ0) is 12.3. The van der Waals surface area contributed by atoms with Gasteiger partial charge in [0.25, 0.3) is 0 Å². The molecule has 0 spiro atoms. The van der Waals surface area contributed by atoms with Gasteiger partial charge < -0.3 is 4.42 Å². The Hall–Kier alpha value is -2.04. The molecule has 0 N–H and O–H groups in total. The molecule has 0 aliphatic rings. The SMILES string of the molecule is CCCn1ccn(Cc2ccc(C=O)o2)c1=O. The first-order valence-corrected chi connectivity index (χ1v) is 5.54. The molecule has 2 heterocycles. The monoisotopic (exact) mass is 234 g/mol. The second-order valence-corrected chi connectivity index (χ2v) is 3.82. The van der Waals surface area contributed by atoms with Gasteiger partial charge >= 0.3 is 5.69 Å². The predicted octanol–water partition coefficient (Wildman–Crippen LogP) is 1.51. The van der Waals surface area contributed by atoms with Crippen molar-refractivity contribution < 1.29 is 9.21 Å². The summed E-state index contributed by atoms with van der Waals surface area (Å²) < 4.78 is 8.44. The molecule has 0 unspecified atom stereocenters.